The van der Waals surface area contributed by atoms with E-state index in [1.807, 2.05) is 28.8 Å². The monoisotopic (exact) mass is 460 g/mol. The fraction of sp³-hybridized carbons (Fsp3) is 0.227. The molecule has 1 aromatic heterocycles. The molecule has 0 atom stereocenters. The Labute approximate surface area is 190 Å². The largest absolute Gasteiger partial charge is 0.325 e. The maximum absolute atomic E-state index is 12.4. The zero-order valence-corrected chi connectivity index (χ0v) is 19.1. The molecule has 0 unspecified atom stereocenters. The van der Waals surface area contributed by atoms with Crippen LogP contribution >= 0.6 is 35.0 Å². The molecule has 30 heavy (non-hydrogen) atoms. The summed E-state index contributed by atoms with van der Waals surface area (Å²) in [6, 6.07) is 13.1. The number of rotatable bonds is 8. The van der Waals surface area contributed by atoms with Crippen molar-refractivity contribution in [1.29, 1.82) is 0 Å². The number of nitrogens with one attached hydrogen (secondary N) is 1. The van der Waals surface area contributed by atoms with Gasteiger partial charge in [0.05, 0.1) is 10.8 Å². The molecule has 2 aromatic carbocycles. The van der Waals surface area contributed by atoms with Gasteiger partial charge in [-0.1, -0.05) is 67.0 Å². The number of thioether (sulfide) groups is 1. The molecule has 0 bridgehead atoms. The lowest BCUT2D eigenvalue weighted by molar-refractivity contribution is -0.113. The first-order chi connectivity index (χ1) is 14.4. The molecule has 156 valence electrons. The molecule has 0 saturated carbocycles. The third kappa shape index (κ3) is 5.45. The molecular formula is C22H22Cl2N4OS. The number of amides is 1. The van der Waals surface area contributed by atoms with E-state index in [-0.39, 0.29) is 11.7 Å². The summed E-state index contributed by atoms with van der Waals surface area (Å²) >= 11 is 13.6. The highest BCUT2D eigenvalue weighted by Gasteiger charge is 2.17. The first-order valence-corrected chi connectivity index (χ1v) is 11.1. The van der Waals surface area contributed by atoms with Crippen LogP contribution in [0.3, 0.4) is 0 Å². The molecule has 5 nitrogen and oxygen atoms in total. The number of carbonyl (C=O) groups excluding carboxylic acids is 1. The lowest BCUT2D eigenvalue weighted by Gasteiger charge is -2.10. The smallest absolute Gasteiger partial charge is 0.234 e. The third-order valence-electron chi connectivity index (χ3n) is 4.39. The van der Waals surface area contributed by atoms with Crippen LogP contribution in [0, 0.1) is 0 Å². The molecule has 0 aliphatic carbocycles. The number of halogens is 2. The van der Waals surface area contributed by atoms with Gasteiger partial charge in [0.1, 0.15) is 0 Å². The Hall–Kier alpha value is -2.28. The molecule has 0 fully saturated rings. The lowest BCUT2D eigenvalue weighted by Crippen LogP contribution is -2.14. The number of benzene rings is 2. The summed E-state index contributed by atoms with van der Waals surface area (Å²) in [5.41, 5.74) is 2.72. The van der Waals surface area contributed by atoms with Gasteiger partial charge in [0.2, 0.25) is 5.91 Å². The van der Waals surface area contributed by atoms with Crippen LogP contribution < -0.4 is 5.32 Å². The van der Waals surface area contributed by atoms with Crippen molar-refractivity contribution in [3.8, 4) is 11.4 Å². The Bertz CT molecular complexity index is 1050. The van der Waals surface area contributed by atoms with Gasteiger partial charge in [0.25, 0.3) is 0 Å². The van der Waals surface area contributed by atoms with Gasteiger partial charge in [-0.3, -0.25) is 9.36 Å². The number of aromatic nitrogens is 3. The molecule has 0 spiro atoms. The lowest BCUT2D eigenvalue weighted by atomic mass is 10.0. The topological polar surface area (TPSA) is 59.8 Å². The molecule has 1 amide bonds. The Balaban J connectivity index is 1.71. The van der Waals surface area contributed by atoms with Crippen LogP contribution in [-0.2, 0) is 11.3 Å². The minimum atomic E-state index is -0.114. The minimum absolute atomic E-state index is 0.114. The average Bonchev–Trinajstić information content (AvgIpc) is 3.09. The summed E-state index contributed by atoms with van der Waals surface area (Å²) in [7, 11) is 0. The third-order valence-corrected chi connectivity index (χ3v) is 5.91. The molecule has 3 aromatic rings. The molecule has 1 N–H and O–H groups in total. The van der Waals surface area contributed by atoms with Crippen molar-refractivity contribution >= 4 is 46.6 Å². The van der Waals surface area contributed by atoms with Gasteiger partial charge in [0, 0.05) is 22.8 Å². The quantitative estimate of drug-likeness (QED) is 0.316. The number of hydrogen-bond acceptors (Lipinski definition) is 4. The predicted octanol–water partition coefficient (Wildman–Crippen LogP) is 6.29. The number of allylic oxidation sites excluding steroid dienone is 1. The highest BCUT2D eigenvalue weighted by atomic mass is 35.5. The summed E-state index contributed by atoms with van der Waals surface area (Å²) in [6.07, 6.45) is 1.75. The Morgan fingerprint density at radius 2 is 1.93 bits per heavy atom. The molecule has 0 aliphatic rings. The maximum atomic E-state index is 12.4. The Morgan fingerprint density at radius 3 is 2.57 bits per heavy atom. The number of carbonyl (C=O) groups is 1. The van der Waals surface area contributed by atoms with Crippen molar-refractivity contribution in [1.82, 2.24) is 14.8 Å². The summed E-state index contributed by atoms with van der Waals surface area (Å²) in [4.78, 5) is 12.4. The molecule has 1 heterocycles. The van der Waals surface area contributed by atoms with Gasteiger partial charge in [-0.25, -0.2) is 0 Å². The van der Waals surface area contributed by atoms with E-state index in [0.717, 1.165) is 11.3 Å². The van der Waals surface area contributed by atoms with Gasteiger partial charge < -0.3 is 5.32 Å². The fourth-order valence-electron chi connectivity index (χ4n) is 2.84. The van der Waals surface area contributed by atoms with E-state index in [2.05, 4.69) is 35.9 Å². The number of anilines is 1. The van der Waals surface area contributed by atoms with Crippen LogP contribution in [0.4, 0.5) is 5.69 Å². The van der Waals surface area contributed by atoms with Crippen LogP contribution in [0.25, 0.3) is 11.4 Å². The standard InChI is InChI=1S/C22H22Cl2N4OS/c1-4-11-28-21(18-10-7-16(23)12-19(18)24)26-27-22(28)30-13-20(29)25-17-8-5-15(6-9-17)14(2)3/h4-10,12,14H,1,11,13H2,2-3H3,(H,25,29). The molecule has 0 aliphatic heterocycles. The van der Waals surface area contributed by atoms with Crippen LogP contribution in [-0.4, -0.2) is 26.4 Å². The van der Waals surface area contributed by atoms with Crippen LogP contribution in [0.15, 0.2) is 60.3 Å². The minimum Gasteiger partial charge on any atom is -0.325 e. The van der Waals surface area contributed by atoms with Crippen LogP contribution in [0.5, 0.6) is 0 Å². The second kappa shape index (κ2) is 10.2. The van der Waals surface area contributed by atoms with E-state index in [9.17, 15) is 4.79 Å². The SMILES string of the molecule is C=CCn1c(SCC(=O)Nc2ccc(C(C)C)cc2)nnc1-c1ccc(Cl)cc1Cl. The Kier molecular flexibility index (Phi) is 7.58. The Morgan fingerprint density at radius 1 is 1.20 bits per heavy atom. The molecule has 0 radical (unpaired) electrons. The average molecular weight is 461 g/mol. The van der Waals surface area contributed by atoms with Crippen molar-refractivity contribution < 1.29 is 4.79 Å². The predicted molar refractivity (Wildman–Crippen MR) is 126 cm³/mol. The maximum Gasteiger partial charge on any atom is 0.234 e. The van der Waals surface area contributed by atoms with E-state index in [4.69, 9.17) is 23.2 Å². The molecule has 3 rings (SSSR count). The van der Waals surface area contributed by atoms with Gasteiger partial charge >= 0.3 is 0 Å². The van der Waals surface area contributed by atoms with Crippen molar-refractivity contribution in [2.24, 2.45) is 0 Å². The van der Waals surface area contributed by atoms with E-state index in [1.165, 1.54) is 17.3 Å². The molecular weight excluding hydrogens is 439 g/mol. The summed E-state index contributed by atoms with van der Waals surface area (Å²) in [5.74, 6) is 1.14. The molecule has 0 saturated heterocycles. The van der Waals surface area contributed by atoms with Crippen LogP contribution in [0.2, 0.25) is 10.0 Å². The highest BCUT2D eigenvalue weighted by Crippen LogP contribution is 2.31. The van der Waals surface area contributed by atoms with Gasteiger partial charge in [-0.2, -0.15) is 0 Å². The van der Waals surface area contributed by atoms with Gasteiger partial charge in [-0.05, 0) is 41.8 Å². The molecule has 8 heteroatoms. The zero-order valence-electron chi connectivity index (χ0n) is 16.7. The summed E-state index contributed by atoms with van der Waals surface area (Å²) in [6.45, 7) is 8.56. The zero-order chi connectivity index (χ0) is 21.7. The fourth-order valence-corrected chi connectivity index (χ4v) is 4.08. The van der Waals surface area contributed by atoms with E-state index in [0.29, 0.717) is 33.5 Å². The van der Waals surface area contributed by atoms with Crippen molar-refractivity contribution in [2.45, 2.75) is 31.5 Å². The normalized spacial score (nSPS) is 11.0. The summed E-state index contributed by atoms with van der Waals surface area (Å²) < 4.78 is 1.87. The second-order valence-electron chi connectivity index (χ2n) is 6.94. The number of hydrogen-bond donors (Lipinski definition) is 1. The summed E-state index contributed by atoms with van der Waals surface area (Å²) in [5, 5.41) is 13.1. The van der Waals surface area contributed by atoms with Crippen molar-refractivity contribution in [3.63, 3.8) is 0 Å². The van der Waals surface area contributed by atoms with E-state index < -0.39 is 0 Å². The second-order valence-corrected chi connectivity index (χ2v) is 8.73. The van der Waals surface area contributed by atoms with Crippen LogP contribution in [0.1, 0.15) is 25.3 Å². The first kappa shape index (κ1) is 22.4. The van der Waals surface area contributed by atoms with E-state index >= 15 is 0 Å². The number of nitrogens with zero attached hydrogens (tertiary/aromatic N) is 3. The van der Waals surface area contributed by atoms with Gasteiger partial charge in [-0.15, -0.1) is 16.8 Å². The first-order valence-electron chi connectivity index (χ1n) is 9.41. The van der Waals surface area contributed by atoms with Gasteiger partial charge in [0.15, 0.2) is 11.0 Å². The van der Waals surface area contributed by atoms with Crippen molar-refractivity contribution in [3.05, 3.63) is 70.7 Å². The highest BCUT2D eigenvalue weighted by molar-refractivity contribution is 7.99. The van der Waals surface area contributed by atoms with Crippen molar-refractivity contribution in [2.75, 3.05) is 11.1 Å². The van der Waals surface area contributed by atoms with E-state index in [1.54, 1.807) is 24.3 Å².